The molecule has 1 fully saturated rings. The molecule has 3 aromatic rings. The number of ether oxygens (including phenoxy) is 1. The van der Waals surface area contributed by atoms with Crippen molar-refractivity contribution in [2.24, 2.45) is 13.0 Å². The molecule has 3 heterocycles. The zero-order valence-corrected chi connectivity index (χ0v) is 17.8. The third-order valence-electron chi connectivity index (χ3n) is 5.20. The van der Waals surface area contributed by atoms with Gasteiger partial charge in [-0.15, -0.1) is 12.4 Å². The van der Waals surface area contributed by atoms with Crippen LogP contribution in [0.15, 0.2) is 41.2 Å². The number of nitrogens with zero attached hydrogens (tertiary/aromatic N) is 4. The molecule has 3 atom stereocenters. The van der Waals surface area contributed by atoms with Crippen LogP contribution >= 0.6 is 12.4 Å². The van der Waals surface area contributed by atoms with Crippen molar-refractivity contribution in [3.05, 3.63) is 48.1 Å². The second kappa shape index (κ2) is 9.27. The number of nitrogens with one attached hydrogen (secondary N) is 2. The van der Waals surface area contributed by atoms with Crippen molar-refractivity contribution in [1.29, 1.82) is 0 Å². The fourth-order valence-corrected chi connectivity index (χ4v) is 3.61. The Kier molecular flexibility index (Phi) is 6.73. The Bertz CT molecular complexity index is 1000. The second-order valence-corrected chi connectivity index (χ2v) is 7.24. The summed E-state index contributed by atoms with van der Waals surface area (Å²) in [6.07, 6.45) is 3.78. The van der Waals surface area contributed by atoms with Crippen molar-refractivity contribution in [3.8, 4) is 17.1 Å². The maximum atomic E-state index is 12.9. The van der Waals surface area contributed by atoms with Gasteiger partial charge in [-0.25, -0.2) is 0 Å². The predicted molar refractivity (Wildman–Crippen MR) is 112 cm³/mol. The van der Waals surface area contributed by atoms with Crippen molar-refractivity contribution in [2.45, 2.75) is 18.9 Å². The summed E-state index contributed by atoms with van der Waals surface area (Å²) >= 11 is 0. The van der Waals surface area contributed by atoms with Gasteiger partial charge in [0.1, 0.15) is 11.8 Å². The molecule has 0 radical (unpaired) electrons. The van der Waals surface area contributed by atoms with Crippen LogP contribution in [0.25, 0.3) is 11.4 Å². The molecule has 1 unspecified atom stereocenters. The average molecular weight is 433 g/mol. The molecule has 2 aromatic heterocycles. The fraction of sp³-hybridized carbons (Fsp3) is 0.400. The number of amides is 1. The first kappa shape index (κ1) is 21.8. The lowest BCUT2D eigenvalue weighted by Crippen LogP contribution is -2.36. The number of halogens is 1. The molecule has 1 aromatic carbocycles. The van der Waals surface area contributed by atoms with E-state index in [1.165, 1.54) is 0 Å². The van der Waals surface area contributed by atoms with Gasteiger partial charge in [0.15, 0.2) is 0 Å². The lowest BCUT2D eigenvalue weighted by molar-refractivity contribution is -0.125. The molecule has 0 saturated carbocycles. The number of hydrogen-bond donors (Lipinski definition) is 2. The van der Waals surface area contributed by atoms with Gasteiger partial charge in [0, 0.05) is 37.8 Å². The summed E-state index contributed by atoms with van der Waals surface area (Å²) in [7, 11) is 3.48. The Morgan fingerprint density at radius 1 is 1.40 bits per heavy atom. The highest BCUT2D eigenvalue weighted by Crippen LogP contribution is 2.29. The first-order chi connectivity index (χ1) is 14.0. The summed E-state index contributed by atoms with van der Waals surface area (Å²) < 4.78 is 12.4. The van der Waals surface area contributed by atoms with E-state index in [4.69, 9.17) is 9.26 Å². The van der Waals surface area contributed by atoms with Gasteiger partial charge in [-0.2, -0.15) is 10.1 Å². The zero-order valence-electron chi connectivity index (χ0n) is 17.0. The third kappa shape index (κ3) is 4.47. The Morgan fingerprint density at radius 3 is 2.97 bits per heavy atom. The van der Waals surface area contributed by atoms with Crippen molar-refractivity contribution < 1.29 is 14.1 Å². The van der Waals surface area contributed by atoms with Crippen molar-refractivity contribution in [2.75, 3.05) is 20.2 Å². The first-order valence-corrected chi connectivity index (χ1v) is 9.53. The van der Waals surface area contributed by atoms with Crippen LogP contribution in [0.2, 0.25) is 0 Å². The highest BCUT2D eigenvalue weighted by atomic mass is 35.5. The molecular weight excluding hydrogens is 408 g/mol. The van der Waals surface area contributed by atoms with Gasteiger partial charge < -0.3 is 19.9 Å². The van der Waals surface area contributed by atoms with Gasteiger partial charge in [-0.05, 0) is 24.6 Å². The van der Waals surface area contributed by atoms with Gasteiger partial charge in [0.05, 0.1) is 19.2 Å². The Morgan fingerprint density at radius 2 is 2.23 bits per heavy atom. The maximum absolute atomic E-state index is 12.9. The molecule has 2 N–H and O–H groups in total. The number of methoxy groups -OCH3 is 1. The Balaban J connectivity index is 0.00000256. The predicted octanol–water partition coefficient (Wildman–Crippen LogP) is 2.08. The van der Waals surface area contributed by atoms with E-state index in [2.05, 4.69) is 25.9 Å². The number of rotatable bonds is 6. The number of aromatic nitrogens is 4. The lowest BCUT2D eigenvalue weighted by Gasteiger charge is -2.18. The van der Waals surface area contributed by atoms with Crippen LogP contribution < -0.4 is 15.4 Å². The van der Waals surface area contributed by atoms with Gasteiger partial charge in [-0.1, -0.05) is 17.3 Å². The van der Waals surface area contributed by atoms with E-state index in [0.717, 1.165) is 17.7 Å². The molecule has 1 aliphatic rings. The van der Waals surface area contributed by atoms with Crippen LogP contribution in [-0.2, 0) is 11.8 Å². The standard InChI is InChI=1S/C20H24N6O3.ClH/c1-12(20-24-18(25-29-20)13-5-4-6-15(7-13)28-3)23-19(27)17-10-21-9-16(17)14-8-22-26(2)11-14;/h4-8,11-12,16-17,21H,9-10H2,1-3H3,(H,23,27);1H/t12?,16-,17+;/m1./s1. The quantitative estimate of drug-likeness (QED) is 0.614. The normalized spacial score (nSPS) is 19.2. The van der Waals surface area contributed by atoms with Crippen LogP contribution in [0.5, 0.6) is 5.75 Å². The smallest absolute Gasteiger partial charge is 0.249 e. The Hall–Kier alpha value is -2.91. The van der Waals surface area contributed by atoms with Crippen LogP contribution in [0.1, 0.15) is 30.3 Å². The summed E-state index contributed by atoms with van der Waals surface area (Å²) in [5.74, 6) is 1.40. The minimum atomic E-state index is -0.399. The molecule has 0 spiro atoms. The minimum absolute atomic E-state index is 0. The largest absolute Gasteiger partial charge is 0.497 e. The molecule has 1 amide bonds. The van der Waals surface area contributed by atoms with E-state index in [9.17, 15) is 4.79 Å². The molecule has 0 bridgehead atoms. The van der Waals surface area contributed by atoms with Crippen LogP contribution in [0, 0.1) is 5.92 Å². The maximum Gasteiger partial charge on any atom is 0.249 e. The highest BCUT2D eigenvalue weighted by molar-refractivity contribution is 5.85. The van der Waals surface area contributed by atoms with Gasteiger partial charge in [-0.3, -0.25) is 9.48 Å². The van der Waals surface area contributed by atoms with Crippen molar-refractivity contribution in [3.63, 3.8) is 0 Å². The second-order valence-electron chi connectivity index (χ2n) is 7.24. The van der Waals surface area contributed by atoms with Gasteiger partial charge in [0.2, 0.25) is 17.6 Å². The van der Waals surface area contributed by atoms with Crippen LogP contribution in [-0.4, -0.2) is 46.0 Å². The van der Waals surface area contributed by atoms with Crippen LogP contribution in [0.3, 0.4) is 0 Å². The molecule has 9 nitrogen and oxygen atoms in total. The van der Waals surface area contributed by atoms with E-state index in [-0.39, 0.29) is 30.2 Å². The number of benzene rings is 1. The summed E-state index contributed by atoms with van der Waals surface area (Å²) in [6, 6.07) is 7.02. The lowest BCUT2D eigenvalue weighted by atomic mass is 9.90. The van der Waals surface area contributed by atoms with Crippen molar-refractivity contribution >= 4 is 18.3 Å². The van der Waals surface area contributed by atoms with E-state index in [1.54, 1.807) is 11.8 Å². The molecule has 30 heavy (non-hydrogen) atoms. The SMILES string of the molecule is COc1cccc(-c2noc(C(C)NC(=O)[C@H]3CNC[C@@H]3c3cnn(C)c3)n2)c1.Cl. The summed E-state index contributed by atoms with van der Waals surface area (Å²) in [5, 5.41) is 14.6. The van der Waals surface area contributed by atoms with E-state index in [0.29, 0.717) is 24.0 Å². The van der Waals surface area contributed by atoms with E-state index < -0.39 is 6.04 Å². The average Bonchev–Trinajstić information content (AvgIpc) is 3.47. The third-order valence-corrected chi connectivity index (χ3v) is 5.20. The molecule has 160 valence electrons. The zero-order chi connectivity index (χ0) is 20.4. The number of hydrogen-bond acceptors (Lipinski definition) is 7. The summed E-state index contributed by atoms with van der Waals surface area (Å²) in [5.41, 5.74) is 1.85. The molecule has 10 heteroatoms. The molecule has 1 aliphatic heterocycles. The highest BCUT2D eigenvalue weighted by Gasteiger charge is 2.35. The minimum Gasteiger partial charge on any atom is -0.497 e. The molecular formula is C20H25ClN6O3. The number of carbonyl (C=O) groups is 1. The van der Waals surface area contributed by atoms with Gasteiger partial charge >= 0.3 is 0 Å². The summed E-state index contributed by atoms with van der Waals surface area (Å²) in [4.78, 5) is 17.3. The number of carbonyl (C=O) groups excluding carboxylic acids is 1. The summed E-state index contributed by atoms with van der Waals surface area (Å²) in [6.45, 7) is 3.21. The van der Waals surface area contributed by atoms with Crippen LogP contribution in [0.4, 0.5) is 0 Å². The first-order valence-electron chi connectivity index (χ1n) is 9.53. The van der Waals surface area contributed by atoms with E-state index in [1.807, 2.05) is 50.6 Å². The fourth-order valence-electron chi connectivity index (χ4n) is 3.61. The molecule has 1 saturated heterocycles. The molecule has 4 rings (SSSR count). The monoisotopic (exact) mass is 432 g/mol. The topological polar surface area (TPSA) is 107 Å². The van der Waals surface area contributed by atoms with Crippen molar-refractivity contribution in [1.82, 2.24) is 30.6 Å². The molecule has 0 aliphatic carbocycles. The van der Waals surface area contributed by atoms with Gasteiger partial charge in [0.25, 0.3) is 0 Å². The van der Waals surface area contributed by atoms with E-state index >= 15 is 0 Å². The Labute approximate surface area is 180 Å². The number of aryl methyl sites for hydroxylation is 1.